The van der Waals surface area contributed by atoms with Crippen LogP contribution in [0, 0.1) is 0 Å². The second-order valence-corrected chi connectivity index (χ2v) is 5.67. The van der Waals surface area contributed by atoms with Gasteiger partial charge in [-0.3, -0.25) is 0 Å². The standard InChI is InChI=1S/2C5H2F6O2.Sn/c2*6-4(7,8)2(12)1-3(13)5(9,10)11;/h2*1,12H;/q;;+2/p-2/b2*2-1+;. The van der Waals surface area contributed by atoms with E-state index in [-0.39, 0.29) is 0 Å². The van der Waals surface area contributed by atoms with Crippen molar-refractivity contribution in [3.8, 4) is 0 Å². The summed E-state index contributed by atoms with van der Waals surface area (Å²) >= 11 is -3.95. The minimum atomic E-state index is -5.76. The van der Waals surface area contributed by atoms with Gasteiger partial charge in [-0.2, -0.15) is 0 Å². The third kappa shape index (κ3) is 9.23. The van der Waals surface area contributed by atoms with Crippen molar-refractivity contribution in [2.24, 2.45) is 0 Å². The molecule has 0 saturated heterocycles. The van der Waals surface area contributed by atoms with Gasteiger partial charge < -0.3 is 0 Å². The fourth-order valence-corrected chi connectivity index (χ4v) is 2.48. The Labute approximate surface area is 151 Å². The molecule has 0 spiro atoms. The maximum absolute atomic E-state index is 12.4. The van der Waals surface area contributed by atoms with Gasteiger partial charge in [0.05, 0.1) is 0 Å². The molecule has 0 saturated carbocycles. The number of allylic oxidation sites excluding steroid dienone is 4. The summed E-state index contributed by atoms with van der Waals surface area (Å²) in [4.78, 5) is 20.9. The third-order valence-electron chi connectivity index (χ3n) is 1.95. The number of alkyl halides is 12. The molecule has 0 aromatic heterocycles. The third-order valence-corrected chi connectivity index (χ3v) is 3.68. The molecule has 4 nitrogen and oxygen atoms in total. The van der Waals surface area contributed by atoms with E-state index < -0.39 is 81.9 Å². The summed E-state index contributed by atoms with van der Waals surface area (Å²) in [5.74, 6) is -11.5. The molecule has 17 heteroatoms. The molecular formula is C10H2F12O4Sn. The van der Waals surface area contributed by atoms with E-state index in [1.54, 1.807) is 0 Å². The Morgan fingerprint density at radius 1 is 0.556 bits per heavy atom. The van der Waals surface area contributed by atoms with Gasteiger partial charge in [-0.1, -0.05) is 0 Å². The predicted octanol–water partition coefficient (Wildman–Crippen LogP) is 3.71. The van der Waals surface area contributed by atoms with Gasteiger partial charge in [0.2, 0.25) is 0 Å². The average molecular weight is 533 g/mol. The molecule has 0 aromatic carbocycles. The van der Waals surface area contributed by atoms with Gasteiger partial charge in [0, 0.05) is 0 Å². The molecule has 0 rings (SSSR count). The number of hydrogen-bond donors (Lipinski definition) is 0. The van der Waals surface area contributed by atoms with Gasteiger partial charge in [0.25, 0.3) is 0 Å². The molecule has 2 radical (unpaired) electrons. The van der Waals surface area contributed by atoms with E-state index in [9.17, 15) is 62.3 Å². The summed E-state index contributed by atoms with van der Waals surface area (Å²) in [6, 6.07) is 0. The van der Waals surface area contributed by atoms with Crippen molar-refractivity contribution >= 4 is 33.5 Å². The van der Waals surface area contributed by atoms with Gasteiger partial charge >= 0.3 is 150 Å². The van der Waals surface area contributed by atoms with Gasteiger partial charge in [-0.15, -0.1) is 0 Å². The molecule has 0 aromatic rings. The summed E-state index contributed by atoms with van der Waals surface area (Å²) < 4.78 is 153. The molecule has 0 aliphatic carbocycles. The van der Waals surface area contributed by atoms with Gasteiger partial charge in [0.15, 0.2) is 0 Å². The Bertz CT molecular complexity index is 568. The zero-order valence-electron chi connectivity index (χ0n) is 11.8. The number of rotatable bonds is 6. The van der Waals surface area contributed by atoms with Crippen LogP contribution in [0.15, 0.2) is 23.7 Å². The van der Waals surface area contributed by atoms with Crippen LogP contribution in [0.3, 0.4) is 0 Å². The molecule has 154 valence electrons. The molecule has 0 aliphatic rings. The SMILES string of the molecule is O=C(/C=C(/[O][Sn][O]/C(=C/C(=O)C(F)(F)F)C(F)(F)F)C(F)(F)F)C(F)(F)F. The molecular weight excluding hydrogens is 531 g/mol. The normalized spacial score (nSPS) is 14.8. The van der Waals surface area contributed by atoms with Crippen molar-refractivity contribution in [3.63, 3.8) is 0 Å². The fourth-order valence-electron chi connectivity index (χ4n) is 0.851. The first-order valence-corrected chi connectivity index (χ1v) is 7.98. The Kier molecular flexibility index (Phi) is 8.08. The molecule has 0 amide bonds. The van der Waals surface area contributed by atoms with Crippen LogP contribution in [0.4, 0.5) is 52.7 Å². The van der Waals surface area contributed by atoms with Gasteiger partial charge in [-0.05, 0) is 0 Å². The van der Waals surface area contributed by atoms with Crippen LogP contribution in [-0.4, -0.2) is 58.2 Å². The number of ketones is 2. The summed E-state index contributed by atoms with van der Waals surface area (Å²) in [7, 11) is 0. The molecule has 0 fully saturated rings. The second kappa shape index (κ2) is 8.59. The summed E-state index contributed by atoms with van der Waals surface area (Å²) in [5.41, 5.74) is 0. The van der Waals surface area contributed by atoms with E-state index in [4.69, 9.17) is 0 Å². The summed E-state index contributed by atoms with van der Waals surface area (Å²) in [5, 5.41) is 0. The quantitative estimate of drug-likeness (QED) is 0.227. The van der Waals surface area contributed by atoms with E-state index in [0.29, 0.717) is 0 Å². The van der Waals surface area contributed by atoms with Crippen molar-refractivity contribution in [3.05, 3.63) is 23.7 Å². The van der Waals surface area contributed by atoms with Crippen molar-refractivity contribution in [1.29, 1.82) is 0 Å². The molecule has 0 N–H and O–H groups in total. The molecule has 0 atom stereocenters. The Hall–Kier alpha value is -1.62. The number of hydrogen-bond acceptors (Lipinski definition) is 4. The van der Waals surface area contributed by atoms with E-state index in [1.165, 1.54) is 0 Å². The van der Waals surface area contributed by atoms with Crippen LogP contribution < -0.4 is 0 Å². The minimum absolute atomic E-state index is 1.11. The predicted molar refractivity (Wildman–Crippen MR) is 58.3 cm³/mol. The molecule has 0 bridgehead atoms. The van der Waals surface area contributed by atoms with E-state index in [2.05, 4.69) is 6.15 Å². The first-order valence-electron chi connectivity index (χ1n) is 5.65. The number of halogens is 12. The van der Waals surface area contributed by atoms with Gasteiger partial charge in [-0.25, -0.2) is 0 Å². The number of carbonyl (C=O) groups is 2. The van der Waals surface area contributed by atoms with Crippen LogP contribution in [0.1, 0.15) is 0 Å². The second-order valence-electron chi connectivity index (χ2n) is 4.02. The van der Waals surface area contributed by atoms with Crippen LogP contribution >= 0.6 is 0 Å². The zero-order valence-corrected chi connectivity index (χ0v) is 14.7. The van der Waals surface area contributed by atoms with E-state index in [1.807, 2.05) is 0 Å². The monoisotopic (exact) mass is 534 g/mol. The first-order chi connectivity index (χ1) is 11.8. The maximum atomic E-state index is 12.4. The first kappa shape index (κ1) is 25.4. The van der Waals surface area contributed by atoms with Crippen molar-refractivity contribution < 1.29 is 68.4 Å². The Balaban J connectivity index is 5.43. The van der Waals surface area contributed by atoms with Gasteiger partial charge in [0.1, 0.15) is 0 Å². The topological polar surface area (TPSA) is 52.6 Å². The van der Waals surface area contributed by atoms with Crippen molar-refractivity contribution in [2.45, 2.75) is 24.7 Å². The van der Waals surface area contributed by atoms with Crippen LogP contribution in [0.2, 0.25) is 0 Å². The molecule has 27 heavy (non-hydrogen) atoms. The zero-order chi connectivity index (χ0) is 21.8. The Morgan fingerprint density at radius 3 is 1.00 bits per heavy atom. The fraction of sp³-hybridized carbons (Fsp3) is 0.400. The van der Waals surface area contributed by atoms with Crippen LogP contribution in [0.5, 0.6) is 0 Å². The molecule has 0 aliphatic heterocycles. The molecule has 0 heterocycles. The molecule has 0 unspecified atom stereocenters. The summed E-state index contributed by atoms with van der Waals surface area (Å²) in [6.45, 7) is 0. The van der Waals surface area contributed by atoms with Crippen LogP contribution in [0.25, 0.3) is 0 Å². The van der Waals surface area contributed by atoms with Crippen molar-refractivity contribution in [2.75, 3.05) is 0 Å². The van der Waals surface area contributed by atoms with Crippen LogP contribution in [-0.2, 0) is 15.7 Å². The van der Waals surface area contributed by atoms with E-state index >= 15 is 0 Å². The number of carbonyl (C=O) groups excluding carboxylic acids is 2. The Morgan fingerprint density at radius 2 is 0.815 bits per heavy atom. The summed E-state index contributed by atoms with van der Waals surface area (Å²) in [6.07, 6.45) is -25.3. The average Bonchev–Trinajstić information content (AvgIpc) is 2.40. The van der Waals surface area contributed by atoms with E-state index in [0.717, 1.165) is 0 Å². The van der Waals surface area contributed by atoms with Crippen molar-refractivity contribution in [1.82, 2.24) is 0 Å².